The summed E-state index contributed by atoms with van der Waals surface area (Å²) in [6.07, 6.45) is 0.523. The van der Waals surface area contributed by atoms with Crippen LogP contribution < -0.4 is 4.72 Å². The smallest absolute Gasteiger partial charge is 0.307 e. The molecule has 1 heterocycles. The molecule has 2 N–H and O–H groups in total. The van der Waals surface area contributed by atoms with Gasteiger partial charge in [0.05, 0.1) is 16.9 Å². The normalized spacial score (nSPS) is 33.6. The molecule has 2 unspecified atom stereocenters. The summed E-state index contributed by atoms with van der Waals surface area (Å²) in [5.74, 6) is -0.696. The van der Waals surface area contributed by atoms with Crippen molar-refractivity contribution in [1.82, 2.24) is 4.72 Å². The molecule has 4 nitrogen and oxygen atoms in total. The second-order valence-corrected chi connectivity index (χ2v) is 3.61. The van der Waals surface area contributed by atoms with Crippen LogP contribution in [-0.4, -0.2) is 27.6 Å². The molecule has 1 saturated heterocycles. The molecule has 5 heteroatoms. The molecule has 0 aliphatic carbocycles. The van der Waals surface area contributed by atoms with Crippen molar-refractivity contribution >= 4 is 17.0 Å². The molecule has 0 radical (unpaired) electrons. The number of hydrogen-bond donors (Lipinski definition) is 2. The first-order chi connectivity index (χ1) is 4.70. The fourth-order valence-corrected chi connectivity index (χ4v) is 1.86. The minimum Gasteiger partial charge on any atom is -0.481 e. The number of carboxylic acids is 1. The Morgan fingerprint density at radius 3 is 2.80 bits per heavy atom. The van der Waals surface area contributed by atoms with Gasteiger partial charge in [-0.05, 0) is 6.42 Å². The molecule has 0 amide bonds. The fourth-order valence-electron chi connectivity index (χ4n) is 0.828. The van der Waals surface area contributed by atoms with Crippen molar-refractivity contribution in [2.75, 3.05) is 12.3 Å². The van der Waals surface area contributed by atoms with Gasteiger partial charge < -0.3 is 5.11 Å². The van der Waals surface area contributed by atoms with E-state index in [-0.39, 0.29) is 5.92 Å². The van der Waals surface area contributed by atoms with E-state index in [0.717, 1.165) is 0 Å². The van der Waals surface area contributed by atoms with Gasteiger partial charge in [-0.3, -0.25) is 4.79 Å². The minimum atomic E-state index is -0.991. The first-order valence-corrected chi connectivity index (χ1v) is 4.36. The quantitative estimate of drug-likeness (QED) is 0.539. The van der Waals surface area contributed by atoms with Crippen molar-refractivity contribution in [2.24, 2.45) is 5.92 Å². The lowest BCUT2D eigenvalue weighted by molar-refractivity contribution is -0.141. The highest BCUT2D eigenvalue weighted by Gasteiger charge is 2.22. The molecule has 10 heavy (non-hydrogen) atoms. The molecular weight excluding hydrogens is 154 g/mol. The molecule has 1 fully saturated rings. The highest BCUT2D eigenvalue weighted by molar-refractivity contribution is 7.83. The molecule has 58 valence electrons. The van der Waals surface area contributed by atoms with E-state index in [4.69, 9.17) is 5.11 Å². The van der Waals surface area contributed by atoms with Gasteiger partial charge in [0, 0.05) is 12.3 Å². The van der Waals surface area contributed by atoms with Crippen LogP contribution in [0.15, 0.2) is 0 Å². The SMILES string of the molecule is O=C(O)C1CCS(=O)NC1. The number of hydrogen-bond acceptors (Lipinski definition) is 2. The van der Waals surface area contributed by atoms with E-state index < -0.39 is 17.0 Å². The standard InChI is InChI=1S/C5H9NO3S/c7-5(8)4-1-2-10(9)6-3-4/h4,6H,1-3H2,(H,7,8). The summed E-state index contributed by atoms with van der Waals surface area (Å²) in [6.45, 7) is 0.335. The lowest BCUT2D eigenvalue weighted by Crippen LogP contribution is -2.37. The summed E-state index contributed by atoms with van der Waals surface area (Å²) in [6, 6.07) is 0. The first kappa shape index (κ1) is 7.68. The predicted molar refractivity (Wildman–Crippen MR) is 36.8 cm³/mol. The lowest BCUT2D eigenvalue weighted by atomic mass is 10.1. The summed E-state index contributed by atoms with van der Waals surface area (Å²) >= 11 is 0. The van der Waals surface area contributed by atoms with Gasteiger partial charge in [0.15, 0.2) is 0 Å². The van der Waals surface area contributed by atoms with Crippen LogP contribution in [0.5, 0.6) is 0 Å². The third-order valence-electron chi connectivity index (χ3n) is 1.49. The Labute approximate surface area is 61.2 Å². The van der Waals surface area contributed by atoms with E-state index in [2.05, 4.69) is 4.72 Å². The van der Waals surface area contributed by atoms with Crippen molar-refractivity contribution in [3.63, 3.8) is 0 Å². The van der Waals surface area contributed by atoms with Gasteiger partial charge in [-0.2, -0.15) is 0 Å². The van der Waals surface area contributed by atoms with Crippen molar-refractivity contribution < 1.29 is 14.1 Å². The Hall–Kier alpha value is -0.420. The molecule has 0 spiro atoms. The summed E-state index contributed by atoms with van der Waals surface area (Å²) in [5, 5.41) is 8.49. The number of carboxylic acid groups (broad SMARTS) is 1. The molecule has 0 aromatic carbocycles. The maximum Gasteiger partial charge on any atom is 0.307 e. The topological polar surface area (TPSA) is 66.4 Å². The van der Waals surface area contributed by atoms with E-state index in [1.54, 1.807) is 0 Å². The summed E-state index contributed by atoms with van der Waals surface area (Å²) in [4.78, 5) is 10.3. The number of nitrogens with one attached hydrogen (secondary N) is 1. The van der Waals surface area contributed by atoms with Crippen LogP contribution in [0.25, 0.3) is 0 Å². The van der Waals surface area contributed by atoms with Gasteiger partial charge in [0.1, 0.15) is 0 Å². The van der Waals surface area contributed by atoms with Crippen molar-refractivity contribution in [2.45, 2.75) is 6.42 Å². The molecule has 0 aromatic heterocycles. The summed E-state index contributed by atoms with van der Waals surface area (Å²) in [7, 11) is -0.991. The second-order valence-electron chi connectivity index (χ2n) is 2.22. The molecular formula is C5H9NO3S. The van der Waals surface area contributed by atoms with E-state index in [1.165, 1.54) is 0 Å². The Kier molecular flexibility index (Phi) is 2.39. The maximum absolute atomic E-state index is 10.6. The van der Waals surface area contributed by atoms with Crippen LogP contribution in [0, 0.1) is 5.92 Å². The zero-order chi connectivity index (χ0) is 7.56. The van der Waals surface area contributed by atoms with Gasteiger partial charge >= 0.3 is 5.97 Å². The monoisotopic (exact) mass is 163 g/mol. The van der Waals surface area contributed by atoms with Crippen LogP contribution in [0.3, 0.4) is 0 Å². The molecule has 1 rings (SSSR count). The second kappa shape index (κ2) is 3.12. The zero-order valence-corrected chi connectivity index (χ0v) is 6.19. The molecule has 2 atom stereocenters. The fraction of sp³-hybridized carbons (Fsp3) is 0.800. The summed E-state index contributed by atoms with van der Waals surface area (Å²) < 4.78 is 13.2. The zero-order valence-electron chi connectivity index (χ0n) is 5.37. The van der Waals surface area contributed by atoms with Gasteiger partial charge in [0.2, 0.25) is 0 Å². The molecule has 1 aliphatic heterocycles. The van der Waals surface area contributed by atoms with E-state index in [9.17, 15) is 9.00 Å². The Bertz CT molecular complexity index is 160. The van der Waals surface area contributed by atoms with Crippen LogP contribution >= 0.6 is 0 Å². The summed E-state index contributed by atoms with van der Waals surface area (Å²) in [5.41, 5.74) is 0. The first-order valence-electron chi connectivity index (χ1n) is 3.05. The van der Waals surface area contributed by atoms with E-state index in [0.29, 0.717) is 18.7 Å². The molecule has 0 saturated carbocycles. The average Bonchev–Trinajstić information content (AvgIpc) is 1.88. The molecule has 0 bridgehead atoms. The maximum atomic E-state index is 10.6. The average molecular weight is 163 g/mol. The predicted octanol–water partition coefficient (Wildman–Crippen LogP) is -0.656. The molecule has 0 aromatic rings. The number of aliphatic carboxylic acids is 1. The van der Waals surface area contributed by atoms with Crippen molar-refractivity contribution in [3.8, 4) is 0 Å². The van der Waals surface area contributed by atoms with Gasteiger partial charge in [-0.25, -0.2) is 8.93 Å². The molecule has 1 aliphatic rings. The van der Waals surface area contributed by atoms with Gasteiger partial charge in [-0.15, -0.1) is 0 Å². The van der Waals surface area contributed by atoms with E-state index >= 15 is 0 Å². The lowest BCUT2D eigenvalue weighted by Gasteiger charge is -2.17. The Balaban J connectivity index is 2.40. The highest BCUT2D eigenvalue weighted by Crippen LogP contribution is 2.07. The van der Waals surface area contributed by atoms with Gasteiger partial charge in [0.25, 0.3) is 0 Å². The third-order valence-corrected chi connectivity index (χ3v) is 2.59. The number of carbonyl (C=O) groups is 1. The van der Waals surface area contributed by atoms with Crippen LogP contribution in [0.2, 0.25) is 0 Å². The van der Waals surface area contributed by atoms with Crippen LogP contribution in [0.1, 0.15) is 6.42 Å². The Morgan fingerprint density at radius 2 is 2.40 bits per heavy atom. The van der Waals surface area contributed by atoms with Crippen molar-refractivity contribution in [3.05, 3.63) is 0 Å². The van der Waals surface area contributed by atoms with Crippen LogP contribution in [0.4, 0.5) is 0 Å². The third kappa shape index (κ3) is 1.78. The number of rotatable bonds is 1. The van der Waals surface area contributed by atoms with Crippen LogP contribution in [-0.2, 0) is 15.8 Å². The van der Waals surface area contributed by atoms with E-state index in [1.807, 2.05) is 0 Å². The largest absolute Gasteiger partial charge is 0.481 e. The minimum absolute atomic E-state index is 0.335. The van der Waals surface area contributed by atoms with Gasteiger partial charge in [-0.1, -0.05) is 0 Å². The van der Waals surface area contributed by atoms with Crippen molar-refractivity contribution in [1.29, 1.82) is 0 Å². The Morgan fingerprint density at radius 1 is 1.70 bits per heavy atom. The highest BCUT2D eigenvalue weighted by atomic mass is 32.2.